The molecule has 2 aromatic rings. The van der Waals surface area contributed by atoms with Gasteiger partial charge in [-0.05, 0) is 29.7 Å². The predicted octanol–water partition coefficient (Wildman–Crippen LogP) is 1.98. The quantitative estimate of drug-likeness (QED) is 0.604. The van der Waals surface area contributed by atoms with E-state index >= 15 is 0 Å². The highest BCUT2D eigenvalue weighted by Gasteiger charge is 2.23. The normalized spacial score (nSPS) is 16.7. The third-order valence-corrected chi connectivity index (χ3v) is 6.09. The number of benzene rings is 2. The lowest BCUT2D eigenvalue weighted by atomic mass is 10.00. The van der Waals surface area contributed by atoms with Crippen molar-refractivity contribution in [2.75, 3.05) is 58.3 Å². The van der Waals surface area contributed by atoms with Crippen LogP contribution < -0.4 is 15.0 Å². The highest BCUT2D eigenvalue weighted by molar-refractivity contribution is 5.86. The molecule has 1 fully saturated rings. The molecule has 0 aliphatic carbocycles. The van der Waals surface area contributed by atoms with E-state index in [4.69, 9.17) is 4.74 Å². The number of carbonyl (C=O) groups is 1. The Labute approximate surface area is 184 Å². The molecule has 0 saturated carbocycles. The number of nitrogens with one attached hydrogen (secondary N) is 1. The lowest BCUT2D eigenvalue weighted by molar-refractivity contribution is -0.130. The molecule has 31 heavy (non-hydrogen) atoms. The van der Waals surface area contributed by atoms with Gasteiger partial charge in [0.15, 0.2) is 5.96 Å². The van der Waals surface area contributed by atoms with E-state index < -0.39 is 0 Å². The Kier molecular flexibility index (Phi) is 6.60. The zero-order valence-electron chi connectivity index (χ0n) is 18.4. The number of carbonyl (C=O) groups excluding carboxylic acids is 1. The largest absolute Gasteiger partial charge is 0.497 e. The Bertz CT molecular complexity index is 937. The van der Waals surface area contributed by atoms with Crippen LogP contribution in [0.15, 0.2) is 53.5 Å². The molecule has 0 aromatic heterocycles. The molecule has 0 spiro atoms. The number of hydrogen-bond acceptors (Lipinski definition) is 4. The number of hydrogen-bond donors (Lipinski definition) is 1. The minimum Gasteiger partial charge on any atom is -0.497 e. The van der Waals surface area contributed by atoms with Crippen LogP contribution in [0, 0.1) is 0 Å². The van der Waals surface area contributed by atoms with Crippen molar-refractivity contribution in [1.29, 1.82) is 0 Å². The van der Waals surface area contributed by atoms with Crippen LogP contribution in [0.3, 0.4) is 0 Å². The van der Waals surface area contributed by atoms with Crippen LogP contribution in [0.1, 0.15) is 11.1 Å². The van der Waals surface area contributed by atoms with Gasteiger partial charge in [-0.2, -0.15) is 0 Å². The topological polar surface area (TPSA) is 60.4 Å². The van der Waals surface area contributed by atoms with Gasteiger partial charge in [0.25, 0.3) is 0 Å². The molecule has 1 N–H and O–H groups in total. The molecule has 0 radical (unpaired) electrons. The molecule has 7 heteroatoms. The van der Waals surface area contributed by atoms with Crippen LogP contribution in [-0.4, -0.2) is 75.1 Å². The molecular weight excluding hydrogens is 390 g/mol. The van der Waals surface area contributed by atoms with Crippen molar-refractivity contribution < 1.29 is 9.53 Å². The summed E-state index contributed by atoms with van der Waals surface area (Å²) in [6.45, 7) is 5.22. The Hall–Kier alpha value is -3.22. The summed E-state index contributed by atoms with van der Waals surface area (Å²) in [5.41, 5.74) is 3.77. The van der Waals surface area contributed by atoms with Gasteiger partial charge in [0, 0.05) is 58.1 Å². The first-order valence-corrected chi connectivity index (χ1v) is 10.9. The Morgan fingerprint density at radius 2 is 1.77 bits per heavy atom. The second-order valence-electron chi connectivity index (χ2n) is 7.91. The maximum Gasteiger partial charge on any atom is 0.242 e. The average molecular weight is 422 g/mol. The monoisotopic (exact) mass is 421 g/mol. The van der Waals surface area contributed by atoms with E-state index in [0.29, 0.717) is 6.54 Å². The first-order valence-electron chi connectivity index (χ1n) is 10.9. The first kappa shape index (κ1) is 21.0. The van der Waals surface area contributed by atoms with Gasteiger partial charge in [-0.15, -0.1) is 0 Å². The summed E-state index contributed by atoms with van der Waals surface area (Å²) in [5.74, 6) is 1.78. The van der Waals surface area contributed by atoms with Gasteiger partial charge in [0.2, 0.25) is 5.91 Å². The molecule has 0 bridgehead atoms. The zero-order chi connectivity index (χ0) is 21.6. The molecule has 1 amide bonds. The van der Waals surface area contributed by atoms with Crippen molar-refractivity contribution in [1.82, 2.24) is 15.1 Å². The van der Waals surface area contributed by atoms with Crippen molar-refractivity contribution in [3.63, 3.8) is 0 Å². The average Bonchev–Trinajstić information content (AvgIpc) is 2.84. The number of anilines is 1. The summed E-state index contributed by atoms with van der Waals surface area (Å²) in [6.07, 6.45) is 0.920. The number of aliphatic imine (C=N–C) groups is 1. The number of nitrogens with zero attached hydrogens (tertiary/aromatic N) is 4. The molecular formula is C24H31N5O2. The van der Waals surface area contributed by atoms with Gasteiger partial charge in [0.1, 0.15) is 5.75 Å². The van der Waals surface area contributed by atoms with E-state index in [-0.39, 0.29) is 12.5 Å². The van der Waals surface area contributed by atoms with E-state index in [2.05, 4.69) is 50.4 Å². The molecule has 0 atom stereocenters. The van der Waals surface area contributed by atoms with Gasteiger partial charge < -0.3 is 24.8 Å². The smallest absolute Gasteiger partial charge is 0.242 e. The Morgan fingerprint density at radius 1 is 1.00 bits per heavy atom. The van der Waals surface area contributed by atoms with Crippen molar-refractivity contribution in [2.24, 2.45) is 4.99 Å². The molecule has 1 saturated heterocycles. The van der Waals surface area contributed by atoms with Crippen LogP contribution in [0.25, 0.3) is 0 Å². The molecule has 0 unspecified atom stereocenters. The lowest BCUT2D eigenvalue weighted by Gasteiger charge is -2.38. The van der Waals surface area contributed by atoms with Gasteiger partial charge in [-0.3, -0.25) is 9.79 Å². The molecule has 2 aromatic carbocycles. The fraction of sp³-hybridized carbons (Fsp3) is 0.417. The maximum atomic E-state index is 12.8. The summed E-state index contributed by atoms with van der Waals surface area (Å²) in [4.78, 5) is 23.7. The van der Waals surface area contributed by atoms with Gasteiger partial charge in [-0.25, -0.2) is 0 Å². The second-order valence-corrected chi connectivity index (χ2v) is 7.91. The molecule has 7 nitrogen and oxygen atoms in total. The summed E-state index contributed by atoms with van der Waals surface area (Å²) < 4.78 is 5.34. The standard InChI is InChI=1S/C24H31N5O2/c1-25-24(26-17-23(30)29-11-10-19-6-3-4-7-20(19)18-29)28-14-12-27(13-15-28)21-8-5-9-22(16-21)31-2/h3-9,16H,10-15,17-18H2,1-2H3,(H,25,26). The third kappa shape index (κ3) is 4.93. The van der Waals surface area contributed by atoms with E-state index in [1.54, 1.807) is 14.2 Å². The molecule has 2 aliphatic rings. The predicted molar refractivity (Wildman–Crippen MR) is 124 cm³/mol. The number of fused-ring (bicyclic) bond motifs is 1. The van der Waals surface area contributed by atoms with Crippen LogP contribution in [0.2, 0.25) is 0 Å². The van der Waals surface area contributed by atoms with E-state index in [1.807, 2.05) is 23.1 Å². The van der Waals surface area contributed by atoms with Crippen molar-refractivity contribution in [3.8, 4) is 5.75 Å². The van der Waals surface area contributed by atoms with E-state index in [1.165, 1.54) is 16.8 Å². The first-order chi connectivity index (χ1) is 15.2. The van der Waals surface area contributed by atoms with Crippen LogP contribution in [0.5, 0.6) is 5.75 Å². The molecule has 164 valence electrons. The number of piperazine rings is 1. The van der Waals surface area contributed by atoms with Crippen molar-refractivity contribution in [2.45, 2.75) is 13.0 Å². The lowest BCUT2D eigenvalue weighted by Crippen LogP contribution is -2.54. The minimum atomic E-state index is 0.116. The maximum absolute atomic E-state index is 12.8. The third-order valence-electron chi connectivity index (χ3n) is 6.09. The fourth-order valence-electron chi connectivity index (χ4n) is 4.29. The van der Waals surface area contributed by atoms with Crippen LogP contribution in [0.4, 0.5) is 5.69 Å². The van der Waals surface area contributed by atoms with E-state index in [0.717, 1.165) is 50.9 Å². The summed E-state index contributed by atoms with van der Waals surface area (Å²) in [7, 11) is 3.47. The molecule has 2 aliphatic heterocycles. The van der Waals surface area contributed by atoms with Crippen molar-refractivity contribution in [3.05, 3.63) is 59.7 Å². The number of amides is 1. The van der Waals surface area contributed by atoms with E-state index in [9.17, 15) is 4.79 Å². The van der Waals surface area contributed by atoms with Gasteiger partial charge in [0.05, 0.1) is 13.7 Å². The highest BCUT2D eigenvalue weighted by atomic mass is 16.5. The van der Waals surface area contributed by atoms with Gasteiger partial charge >= 0.3 is 0 Å². The van der Waals surface area contributed by atoms with Gasteiger partial charge in [-0.1, -0.05) is 30.3 Å². The fourth-order valence-corrected chi connectivity index (χ4v) is 4.29. The number of guanidine groups is 1. The van der Waals surface area contributed by atoms with Crippen LogP contribution >= 0.6 is 0 Å². The molecule has 4 rings (SSSR count). The molecule has 2 heterocycles. The SMILES string of the molecule is CN=C(NCC(=O)N1CCc2ccccc2C1)N1CCN(c2cccc(OC)c2)CC1. The summed E-state index contributed by atoms with van der Waals surface area (Å²) >= 11 is 0. The minimum absolute atomic E-state index is 0.116. The number of rotatable bonds is 4. The second kappa shape index (κ2) is 9.73. The zero-order valence-corrected chi connectivity index (χ0v) is 18.4. The number of ether oxygens (including phenoxy) is 1. The summed E-state index contributed by atoms with van der Waals surface area (Å²) in [5, 5.41) is 3.28. The van der Waals surface area contributed by atoms with Crippen LogP contribution in [-0.2, 0) is 17.8 Å². The van der Waals surface area contributed by atoms with Crippen molar-refractivity contribution >= 4 is 17.6 Å². The number of methoxy groups -OCH3 is 1. The highest BCUT2D eigenvalue weighted by Crippen LogP contribution is 2.22. The Morgan fingerprint density at radius 3 is 2.52 bits per heavy atom. The summed E-state index contributed by atoms with van der Waals surface area (Å²) in [6, 6.07) is 16.5. The Balaban J connectivity index is 1.28.